The molecule has 3 aromatic heterocycles. The number of anilines is 2. The van der Waals surface area contributed by atoms with Crippen molar-refractivity contribution in [1.29, 1.82) is 0 Å². The summed E-state index contributed by atoms with van der Waals surface area (Å²) in [5.41, 5.74) is 1.93. The summed E-state index contributed by atoms with van der Waals surface area (Å²) in [6, 6.07) is 20.5. The van der Waals surface area contributed by atoms with E-state index in [0.717, 1.165) is 11.6 Å². The Labute approximate surface area is 232 Å². The summed E-state index contributed by atoms with van der Waals surface area (Å²) >= 11 is 6.34. The minimum Gasteiger partial charge on any atom is -0.371 e. The molecule has 1 aliphatic rings. The van der Waals surface area contributed by atoms with Crippen LogP contribution in [0, 0.1) is 5.82 Å². The summed E-state index contributed by atoms with van der Waals surface area (Å²) in [5.74, 6) is -0.0340. The Morgan fingerprint density at radius 1 is 0.900 bits per heavy atom. The van der Waals surface area contributed by atoms with Crippen molar-refractivity contribution >= 4 is 28.9 Å². The predicted molar refractivity (Wildman–Crippen MR) is 146 cm³/mol. The van der Waals surface area contributed by atoms with Gasteiger partial charge in [-0.15, -0.1) is 5.10 Å². The maximum atomic E-state index is 13.7. The molecule has 1 saturated heterocycles. The van der Waals surface area contributed by atoms with Gasteiger partial charge in [0.25, 0.3) is 0 Å². The molecule has 6 nitrogen and oxygen atoms in total. The number of rotatable bonds is 5. The van der Waals surface area contributed by atoms with E-state index < -0.39 is 23.2 Å². The van der Waals surface area contributed by atoms with Gasteiger partial charge in [0.15, 0.2) is 5.65 Å². The largest absolute Gasteiger partial charge is 0.433 e. The van der Waals surface area contributed by atoms with Gasteiger partial charge in [-0.25, -0.2) is 8.91 Å². The number of halogens is 5. The summed E-state index contributed by atoms with van der Waals surface area (Å²) in [4.78, 5) is 10.2. The van der Waals surface area contributed by atoms with Gasteiger partial charge < -0.3 is 10.2 Å². The highest BCUT2D eigenvalue weighted by Crippen LogP contribution is 2.39. The van der Waals surface area contributed by atoms with Gasteiger partial charge in [-0.3, -0.25) is 4.98 Å². The summed E-state index contributed by atoms with van der Waals surface area (Å²) in [6.07, 6.45) is -0.359. The maximum Gasteiger partial charge on any atom is 0.433 e. The van der Waals surface area contributed by atoms with E-state index in [2.05, 4.69) is 15.4 Å². The second kappa shape index (κ2) is 10.1. The van der Waals surface area contributed by atoms with Gasteiger partial charge in [-0.1, -0.05) is 41.9 Å². The number of nitrogens with zero attached hydrogens (tertiary/aromatic N) is 5. The number of benzene rings is 2. The minimum absolute atomic E-state index is 0.267. The standard InChI is InChI=1S/C29H23ClF4N6/c30-24-17-20(31)8-9-22(24)23-7-4-14-40-26(23)36-27(38-40)37-28(19-5-2-1-3-6-19)11-15-39(16-12-28)21-10-13-35-25(18-21)29(32,33)34/h1-10,13-14,17-18H,11-12,15-16H2,(H,37,38). The van der Waals surface area contributed by atoms with Crippen LogP contribution in [-0.2, 0) is 11.7 Å². The number of nitrogens with one attached hydrogen (secondary N) is 1. The Bertz CT molecular complexity index is 1660. The molecule has 204 valence electrons. The number of hydrogen-bond acceptors (Lipinski definition) is 5. The highest BCUT2D eigenvalue weighted by atomic mass is 35.5. The van der Waals surface area contributed by atoms with E-state index in [1.165, 1.54) is 18.3 Å². The van der Waals surface area contributed by atoms with Crippen molar-refractivity contribution < 1.29 is 17.6 Å². The lowest BCUT2D eigenvalue weighted by Gasteiger charge is -2.43. The Morgan fingerprint density at radius 2 is 1.68 bits per heavy atom. The molecule has 1 N–H and O–H groups in total. The first-order chi connectivity index (χ1) is 19.2. The lowest BCUT2D eigenvalue weighted by molar-refractivity contribution is -0.141. The smallest absolute Gasteiger partial charge is 0.371 e. The van der Waals surface area contributed by atoms with Crippen LogP contribution >= 0.6 is 11.6 Å². The lowest BCUT2D eigenvalue weighted by Crippen LogP contribution is -2.47. The number of pyridine rings is 2. The van der Waals surface area contributed by atoms with Crippen LogP contribution in [0.5, 0.6) is 0 Å². The van der Waals surface area contributed by atoms with Crippen molar-refractivity contribution in [2.24, 2.45) is 0 Å². The Hall–Kier alpha value is -4.18. The zero-order chi connectivity index (χ0) is 27.9. The molecule has 0 saturated carbocycles. The van der Waals surface area contributed by atoms with E-state index in [-0.39, 0.29) is 5.02 Å². The minimum atomic E-state index is -4.51. The molecule has 0 aliphatic carbocycles. The monoisotopic (exact) mass is 566 g/mol. The quantitative estimate of drug-likeness (QED) is 0.228. The van der Waals surface area contributed by atoms with Gasteiger partial charge in [-0.2, -0.15) is 18.2 Å². The van der Waals surface area contributed by atoms with Crippen molar-refractivity contribution in [3.63, 3.8) is 0 Å². The van der Waals surface area contributed by atoms with Crippen molar-refractivity contribution in [2.75, 3.05) is 23.3 Å². The van der Waals surface area contributed by atoms with Gasteiger partial charge >= 0.3 is 6.18 Å². The number of fused-ring (bicyclic) bond motifs is 1. The fraction of sp³-hybridized carbons (Fsp3) is 0.207. The molecule has 6 rings (SSSR count). The predicted octanol–water partition coefficient (Wildman–Crippen LogP) is 7.21. The van der Waals surface area contributed by atoms with E-state index in [9.17, 15) is 17.6 Å². The average molecular weight is 567 g/mol. The van der Waals surface area contributed by atoms with Crippen LogP contribution in [-0.4, -0.2) is 32.7 Å². The highest BCUT2D eigenvalue weighted by molar-refractivity contribution is 6.33. The number of alkyl halides is 3. The first-order valence-corrected chi connectivity index (χ1v) is 13.0. The lowest BCUT2D eigenvalue weighted by atomic mass is 9.80. The van der Waals surface area contributed by atoms with E-state index in [1.807, 2.05) is 47.4 Å². The third-order valence-electron chi connectivity index (χ3n) is 7.28. The van der Waals surface area contributed by atoms with E-state index in [0.29, 0.717) is 54.3 Å². The molecular weight excluding hydrogens is 544 g/mol. The van der Waals surface area contributed by atoms with Gasteiger partial charge in [-0.05, 0) is 60.9 Å². The van der Waals surface area contributed by atoms with Crippen LogP contribution in [0.3, 0.4) is 0 Å². The van der Waals surface area contributed by atoms with E-state index in [1.54, 1.807) is 22.8 Å². The third kappa shape index (κ3) is 4.95. The SMILES string of the molecule is Fc1ccc(-c2cccn3nc(NC4(c5ccccc5)CCN(c5ccnc(C(F)(F)F)c5)CC4)nc23)c(Cl)c1. The zero-order valence-electron chi connectivity index (χ0n) is 21.0. The summed E-state index contributed by atoms with van der Waals surface area (Å²) in [7, 11) is 0. The first-order valence-electron chi connectivity index (χ1n) is 12.6. The first kappa shape index (κ1) is 26.1. The van der Waals surface area contributed by atoms with E-state index >= 15 is 0 Å². The molecule has 1 aliphatic heterocycles. The van der Waals surface area contributed by atoms with Gasteiger partial charge in [0.1, 0.15) is 11.5 Å². The topological polar surface area (TPSA) is 58.4 Å². The van der Waals surface area contributed by atoms with Crippen molar-refractivity contribution in [3.05, 3.63) is 107 Å². The molecule has 0 atom stereocenters. The Morgan fingerprint density at radius 3 is 2.40 bits per heavy atom. The summed E-state index contributed by atoms with van der Waals surface area (Å²) < 4.78 is 55.1. The molecule has 2 aromatic carbocycles. The molecule has 5 aromatic rings. The molecule has 0 unspecified atom stereocenters. The number of hydrogen-bond donors (Lipinski definition) is 1. The Kier molecular flexibility index (Phi) is 6.58. The molecule has 4 heterocycles. The molecule has 11 heteroatoms. The highest BCUT2D eigenvalue weighted by Gasteiger charge is 2.38. The van der Waals surface area contributed by atoms with Crippen LogP contribution in [0.25, 0.3) is 16.8 Å². The normalized spacial score (nSPS) is 15.4. The third-order valence-corrected chi connectivity index (χ3v) is 7.59. The van der Waals surface area contributed by atoms with Gasteiger partial charge in [0.05, 0.1) is 10.6 Å². The average Bonchev–Trinajstić information content (AvgIpc) is 3.36. The van der Waals surface area contributed by atoms with Crippen molar-refractivity contribution in [3.8, 4) is 11.1 Å². The number of piperidine rings is 1. The molecule has 0 bridgehead atoms. The molecular formula is C29H23ClF4N6. The zero-order valence-corrected chi connectivity index (χ0v) is 21.8. The van der Waals surface area contributed by atoms with E-state index in [4.69, 9.17) is 16.6 Å². The van der Waals surface area contributed by atoms with Crippen LogP contribution in [0.4, 0.5) is 29.2 Å². The molecule has 0 amide bonds. The second-order valence-electron chi connectivity index (χ2n) is 9.71. The molecule has 40 heavy (non-hydrogen) atoms. The van der Waals surface area contributed by atoms with Crippen LogP contribution in [0.15, 0.2) is 85.2 Å². The summed E-state index contributed by atoms with van der Waals surface area (Å²) in [6.45, 7) is 1.01. The Balaban J connectivity index is 1.32. The number of aromatic nitrogens is 4. The van der Waals surface area contributed by atoms with Crippen molar-refractivity contribution in [1.82, 2.24) is 19.6 Å². The fourth-order valence-corrected chi connectivity index (χ4v) is 5.52. The summed E-state index contributed by atoms with van der Waals surface area (Å²) in [5, 5.41) is 8.48. The van der Waals surface area contributed by atoms with Crippen molar-refractivity contribution in [2.45, 2.75) is 24.6 Å². The molecule has 1 fully saturated rings. The van der Waals surface area contributed by atoms with Crippen LogP contribution in [0.1, 0.15) is 24.1 Å². The molecule has 0 spiro atoms. The second-order valence-corrected chi connectivity index (χ2v) is 10.1. The van der Waals surface area contributed by atoms with Crippen LogP contribution in [0.2, 0.25) is 5.02 Å². The molecule has 0 radical (unpaired) electrons. The van der Waals surface area contributed by atoms with Gasteiger partial charge in [0, 0.05) is 42.3 Å². The van der Waals surface area contributed by atoms with Gasteiger partial charge in [0.2, 0.25) is 5.95 Å². The fourth-order valence-electron chi connectivity index (χ4n) is 5.25. The maximum absolute atomic E-state index is 13.7. The van der Waals surface area contributed by atoms with Crippen LogP contribution < -0.4 is 10.2 Å².